The molecule has 1 aromatic rings. The fourth-order valence-corrected chi connectivity index (χ4v) is 1.66. The van der Waals surface area contributed by atoms with Crippen molar-refractivity contribution < 1.29 is 4.79 Å². The number of rotatable bonds is 7. The zero-order chi connectivity index (χ0) is 13.4. The van der Waals surface area contributed by atoms with E-state index in [9.17, 15) is 4.79 Å². The molecule has 1 amide bonds. The molecular formula is C13H22N4O. The smallest absolute Gasteiger partial charge is 0.234 e. The third-order valence-electron chi connectivity index (χ3n) is 2.68. The molecule has 0 aliphatic rings. The monoisotopic (exact) mass is 250 g/mol. The van der Waals surface area contributed by atoms with Crippen LogP contribution in [0.2, 0.25) is 0 Å². The SMILES string of the molecule is CCNC(=O)CN(CC)Cc1ccc(NC)nc1. The molecule has 0 spiro atoms. The van der Waals surface area contributed by atoms with Crippen LogP contribution in [0, 0.1) is 0 Å². The number of anilines is 1. The van der Waals surface area contributed by atoms with Crippen LogP contribution < -0.4 is 10.6 Å². The molecule has 5 nitrogen and oxygen atoms in total. The molecule has 0 unspecified atom stereocenters. The second-order valence-corrected chi connectivity index (χ2v) is 4.06. The Morgan fingerprint density at radius 3 is 2.67 bits per heavy atom. The topological polar surface area (TPSA) is 57.3 Å². The molecule has 0 radical (unpaired) electrons. The van der Waals surface area contributed by atoms with Crippen molar-refractivity contribution in [3.63, 3.8) is 0 Å². The van der Waals surface area contributed by atoms with Crippen LogP contribution in [0.1, 0.15) is 19.4 Å². The number of likely N-dealkylation sites (N-methyl/N-ethyl adjacent to an activating group) is 2. The quantitative estimate of drug-likeness (QED) is 0.760. The highest BCUT2D eigenvalue weighted by atomic mass is 16.2. The molecule has 1 heterocycles. The number of carbonyl (C=O) groups is 1. The lowest BCUT2D eigenvalue weighted by Gasteiger charge is -2.19. The van der Waals surface area contributed by atoms with Gasteiger partial charge in [-0.15, -0.1) is 0 Å². The number of hydrogen-bond donors (Lipinski definition) is 2. The van der Waals surface area contributed by atoms with Crippen molar-refractivity contribution in [2.75, 3.05) is 32.0 Å². The number of aromatic nitrogens is 1. The highest BCUT2D eigenvalue weighted by Gasteiger charge is 2.08. The molecule has 0 aromatic carbocycles. The van der Waals surface area contributed by atoms with Gasteiger partial charge < -0.3 is 10.6 Å². The lowest BCUT2D eigenvalue weighted by Crippen LogP contribution is -2.36. The molecule has 0 fully saturated rings. The van der Waals surface area contributed by atoms with E-state index in [1.54, 1.807) is 0 Å². The molecule has 0 saturated heterocycles. The Hall–Kier alpha value is -1.62. The highest BCUT2D eigenvalue weighted by Crippen LogP contribution is 2.07. The number of amides is 1. The van der Waals surface area contributed by atoms with Gasteiger partial charge in [-0.05, 0) is 25.1 Å². The first-order chi connectivity index (χ1) is 8.69. The summed E-state index contributed by atoms with van der Waals surface area (Å²) < 4.78 is 0. The molecule has 0 bridgehead atoms. The summed E-state index contributed by atoms with van der Waals surface area (Å²) in [5.41, 5.74) is 1.11. The van der Waals surface area contributed by atoms with E-state index in [-0.39, 0.29) is 5.91 Å². The summed E-state index contributed by atoms with van der Waals surface area (Å²) in [7, 11) is 1.84. The number of hydrogen-bond acceptors (Lipinski definition) is 4. The van der Waals surface area contributed by atoms with Gasteiger partial charge in [0.05, 0.1) is 6.54 Å². The van der Waals surface area contributed by atoms with Crippen LogP contribution in [-0.2, 0) is 11.3 Å². The average Bonchev–Trinajstić information content (AvgIpc) is 2.39. The number of pyridine rings is 1. The first-order valence-corrected chi connectivity index (χ1v) is 6.31. The zero-order valence-corrected chi connectivity index (χ0v) is 11.4. The van der Waals surface area contributed by atoms with Crippen molar-refractivity contribution in [3.8, 4) is 0 Å². The molecule has 0 aliphatic carbocycles. The Morgan fingerprint density at radius 1 is 1.39 bits per heavy atom. The van der Waals surface area contributed by atoms with Crippen molar-refractivity contribution in [1.29, 1.82) is 0 Å². The maximum absolute atomic E-state index is 11.5. The van der Waals surface area contributed by atoms with Gasteiger partial charge in [0, 0.05) is 26.3 Å². The van der Waals surface area contributed by atoms with E-state index < -0.39 is 0 Å². The normalized spacial score (nSPS) is 10.4. The molecule has 0 saturated carbocycles. The molecule has 0 aliphatic heterocycles. The maximum atomic E-state index is 11.5. The van der Waals surface area contributed by atoms with Crippen LogP contribution in [0.4, 0.5) is 5.82 Å². The van der Waals surface area contributed by atoms with Crippen molar-refractivity contribution in [2.24, 2.45) is 0 Å². The lowest BCUT2D eigenvalue weighted by molar-refractivity contribution is -0.122. The van der Waals surface area contributed by atoms with Gasteiger partial charge in [-0.25, -0.2) is 4.98 Å². The van der Waals surface area contributed by atoms with Crippen LogP contribution >= 0.6 is 0 Å². The number of carbonyl (C=O) groups excluding carboxylic acids is 1. The van der Waals surface area contributed by atoms with E-state index in [1.807, 2.05) is 32.3 Å². The van der Waals surface area contributed by atoms with Crippen LogP contribution in [-0.4, -0.2) is 42.5 Å². The van der Waals surface area contributed by atoms with Gasteiger partial charge in [0.2, 0.25) is 5.91 Å². The van der Waals surface area contributed by atoms with Gasteiger partial charge in [0.1, 0.15) is 5.82 Å². The zero-order valence-electron chi connectivity index (χ0n) is 11.4. The van der Waals surface area contributed by atoms with Gasteiger partial charge in [-0.3, -0.25) is 9.69 Å². The summed E-state index contributed by atoms with van der Waals surface area (Å²) in [4.78, 5) is 17.9. The second kappa shape index (κ2) is 7.66. The first-order valence-electron chi connectivity index (χ1n) is 6.31. The van der Waals surface area contributed by atoms with Crippen molar-refractivity contribution in [3.05, 3.63) is 23.9 Å². The molecule has 1 aromatic heterocycles. The van der Waals surface area contributed by atoms with Crippen molar-refractivity contribution in [1.82, 2.24) is 15.2 Å². The minimum Gasteiger partial charge on any atom is -0.373 e. The second-order valence-electron chi connectivity index (χ2n) is 4.06. The van der Waals surface area contributed by atoms with Gasteiger partial charge in [-0.1, -0.05) is 13.0 Å². The van der Waals surface area contributed by atoms with Crippen LogP contribution in [0.3, 0.4) is 0 Å². The minimum atomic E-state index is 0.0687. The summed E-state index contributed by atoms with van der Waals surface area (Å²) in [5, 5.41) is 5.79. The fraction of sp³-hybridized carbons (Fsp3) is 0.538. The van der Waals surface area contributed by atoms with Crippen LogP contribution in [0.5, 0.6) is 0 Å². The summed E-state index contributed by atoms with van der Waals surface area (Å²) in [6.45, 7) is 6.66. The fourth-order valence-electron chi connectivity index (χ4n) is 1.66. The van der Waals surface area contributed by atoms with E-state index >= 15 is 0 Å². The third-order valence-corrected chi connectivity index (χ3v) is 2.68. The largest absolute Gasteiger partial charge is 0.373 e. The number of nitrogens with zero attached hydrogens (tertiary/aromatic N) is 2. The number of nitrogens with one attached hydrogen (secondary N) is 2. The van der Waals surface area contributed by atoms with Gasteiger partial charge >= 0.3 is 0 Å². The predicted molar refractivity (Wildman–Crippen MR) is 73.4 cm³/mol. The standard InChI is InChI=1S/C13H22N4O/c1-4-15-13(18)10-17(5-2)9-11-6-7-12(14-3)16-8-11/h6-8H,4-5,9-10H2,1-3H3,(H,14,16)(H,15,18). The maximum Gasteiger partial charge on any atom is 0.234 e. The molecule has 1 rings (SSSR count). The summed E-state index contributed by atoms with van der Waals surface area (Å²) >= 11 is 0. The van der Waals surface area contributed by atoms with Crippen molar-refractivity contribution >= 4 is 11.7 Å². The minimum absolute atomic E-state index is 0.0687. The molecule has 100 valence electrons. The third kappa shape index (κ3) is 4.71. The Balaban J connectivity index is 2.53. The lowest BCUT2D eigenvalue weighted by atomic mass is 10.2. The van der Waals surface area contributed by atoms with E-state index in [2.05, 4.69) is 27.4 Å². The molecule has 2 N–H and O–H groups in total. The van der Waals surface area contributed by atoms with Gasteiger partial charge in [0.25, 0.3) is 0 Å². The van der Waals surface area contributed by atoms with Crippen molar-refractivity contribution in [2.45, 2.75) is 20.4 Å². The Morgan fingerprint density at radius 2 is 2.17 bits per heavy atom. The first kappa shape index (κ1) is 14.4. The van der Waals surface area contributed by atoms with E-state index in [0.29, 0.717) is 13.1 Å². The predicted octanol–water partition coefficient (Wildman–Crippen LogP) is 1.08. The highest BCUT2D eigenvalue weighted by molar-refractivity contribution is 5.77. The summed E-state index contributed by atoms with van der Waals surface area (Å²) in [6.07, 6.45) is 1.84. The van der Waals surface area contributed by atoms with E-state index in [4.69, 9.17) is 0 Å². The summed E-state index contributed by atoms with van der Waals surface area (Å²) in [6, 6.07) is 3.97. The molecule has 5 heteroatoms. The molecular weight excluding hydrogens is 228 g/mol. The Kier molecular flexibility index (Phi) is 6.14. The summed E-state index contributed by atoms with van der Waals surface area (Å²) in [5.74, 6) is 0.921. The van der Waals surface area contributed by atoms with Crippen LogP contribution in [0.25, 0.3) is 0 Å². The van der Waals surface area contributed by atoms with Gasteiger partial charge in [0.15, 0.2) is 0 Å². The van der Waals surface area contributed by atoms with Crippen LogP contribution in [0.15, 0.2) is 18.3 Å². The van der Waals surface area contributed by atoms with Gasteiger partial charge in [-0.2, -0.15) is 0 Å². The molecule has 0 atom stereocenters. The van der Waals surface area contributed by atoms with E-state index in [0.717, 1.165) is 24.5 Å². The Labute approximate surface area is 109 Å². The molecule has 18 heavy (non-hydrogen) atoms. The Bertz CT molecular complexity index is 364. The average molecular weight is 250 g/mol. The van der Waals surface area contributed by atoms with E-state index in [1.165, 1.54) is 0 Å².